The molecule has 0 aliphatic rings. The number of anilines is 2. The van der Waals surface area contributed by atoms with Gasteiger partial charge in [0.25, 0.3) is 0 Å². The highest BCUT2D eigenvalue weighted by molar-refractivity contribution is 7.80. The first-order valence-corrected chi connectivity index (χ1v) is 6.38. The Morgan fingerprint density at radius 1 is 1.21 bits per heavy atom. The molecule has 0 saturated carbocycles. The van der Waals surface area contributed by atoms with Crippen molar-refractivity contribution in [1.29, 1.82) is 0 Å². The van der Waals surface area contributed by atoms with Gasteiger partial charge in [-0.1, -0.05) is 29.9 Å². The molecule has 0 aliphatic carbocycles. The molecule has 5 heteroatoms. The molecular weight excluding hydrogens is 283 g/mol. The molecule has 0 aromatic heterocycles. The number of nitrogens with one attached hydrogen (secondary N) is 1. The van der Waals surface area contributed by atoms with Crippen LogP contribution in [0.3, 0.4) is 0 Å². The molecule has 2 nitrogen and oxygen atoms in total. The molecule has 2 aromatic carbocycles. The highest BCUT2D eigenvalue weighted by Gasteiger charge is 2.08. The highest BCUT2D eigenvalue weighted by atomic mass is 35.5. The third-order valence-corrected chi connectivity index (χ3v) is 3.17. The zero-order valence-corrected chi connectivity index (χ0v) is 11.8. The van der Waals surface area contributed by atoms with Crippen LogP contribution < -0.4 is 11.1 Å². The summed E-state index contributed by atoms with van der Waals surface area (Å²) in [5.74, 6) is -0.380. The number of hydrogen-bond acceptors (Lipinski definition) is 2. The number of aryl methyl sites for hydroxylation is 1. The van der Waals surface area contributed by atoms with Gasteiger partial charge in [-0.15, -0.1) is 0 Å². The van der Waals surface area contributed by atoms with Crippen molar-refractivity contribution in [3.05, 3.63) is 58.4 Å². The predicted octanol–water partition coefficient (Wildman–Crippen LogP) is 4.17. The van der Waals surface area contributed by atoms with E-state index in [0.717, 1.165) is 16.8 Å². The Hall–Kier alpha value is -1.65. The van der Waals surface area contributed by atoms with Crippen LogP contribution in [0, 0.1) is 12.7 Å². The molecule has 0 unspecified atom stereocenters. The molecule has 0 saturated heterocycles. The van der Waals surface area contributed by atoms with E-state index in [-0.39, 0.29) is 5.82 Å². The van der Waals surface area contributed by atoms with Gasteiger partial charge in [0.1, 0.15) is 10.8 Å². The second-order valence-corrected chi connectivity index (χ2v) is 5.01. The maximum absolute atomic E-state index is 13.0. The Kier molecular flexibility index (Phi) is 4.02. The van der Waals surface area contributed by atoms with Crippen LogP contribution in [0.15, 0.2) is 36.4 Å². The SMILES string of the molecule is Cc1ccc(C(N)=S)c(Nc2ccc(F)cc2Cl)c1. The van der Waals surface area contributed by atoms with E-state index in [1.807, 2.05) is 25.1 Å². The van der Waals surface area contributed by atoms with E-state index < -0.39 is 0 Å². The van der Waals surface area contributed by atoms with Crippen LogP contribution in [-0.2, 0) is 0 Å². The quantitative estimate of drug-likeness (QED) is 0.835. The standard InChI is InChI=1S/C14H12ClFN2S/c1-8-2-4-10(14(17)19)13(6-8)18-12-5-3-9(16)7-11(12)15/h2-7,18H,1H3,(H2,17,19). The Balaban J connectivity index is 2.42. The van der Waals surface area contributed by atoms with Gasteiger partial charge in [0.2, 0.25) is 0 Å². The smallest absolute Gasteiger partial charge is 0.124 e. The number of halogens is 2. The molecule has 2 aromatic rings. The van der Waals surface area contributed by atoms with Crippen molar-refractivity contribution in [2.75, 3.05) is 5.32 Å². The summed E-state index contributed by atoms with van der Waals surface area (Å²) in [4.78, 5) is 0.292. The van der Waals surface area contributed by atoms with Gasteiger partial charge in [-0.25, -0.2) is 4.39 Å². The normalized spacial score (nSPS) is 10.3. The summed E-state index contributed by atoms with van der Waals surface area (Å²) in [6, 6.07) is 9.84. The zero-order valence-electron chi connectivity index (χ0n) is 10.2. The molecule has 0 spiro atoms. The third-order valence-electron chi connectivity index (χ3n) is 2.64. The summed E-state index contributed by atoms with van der Waals surface area (Å²) in [6.45, 7) is 1.96. The Bertz CT molecular complexity index is 643. The van der Waals surface area contributed by atoms with Crippen molar-refractivity contribution in [3.8, 4) is 0 Å². The maximum atomic E-state index is 13.0. The van der Waals surface area contributed by atoms with E-state index in [9.17, 15) is 4.39 Å². The van der Waals surface area contributed by atoms with Gasteiger partial charge in [-0.3, -0.25) is 0 Å². The fourth-order valence-electron chi connectivity index (χ4n) is 1.71. The molecule has 0 fully saturated rings. The summed E-state index contributed by atoms with van der Waals surface area (Å²) < 4.78 is 13.0. The summed E-state index contributed by atoms with van der Waals surface area (Å²) >= 11 is 11.0. The number of rotatable bonds is 3. The minimum Gasteiger partial charge on any atom is -0.389 e. The van der Waals surface area contributed by atoms with E-state index in [1.165, 1.54) is 12.1 Å². The molecule has 0 bridgehead atoms. The minimum atomic E-state index is -0.380. The second kappa shape index (κ2) is 5.55. The molecule has 0 aliphatic heterocycles. The summed E-state index contributed by atoms with van der Waals surface area (Å²) in [7, 11) is 0. The van der Waals surface area contributed by atoms with Crippen molar-refractivity contribution in [1.82, 2.24) is 0 Å². The molecular formula is C14H12ClFN2S. The van der Waals surface area contributed by atoms with Crippen molar-refractivity contribution >= 4 is 40.2 Å². The monoisotopic (exact) mass is 294 g/mol. The maximum Gasteiger partial charge on any atom is 0.124 e. The first-order chi connectivity index (χ1) is 8.97. The van der Waals surface area contributed by atoms with E-state index in [2.05, 4.69) is 5.32 Å². The molecule has 3 N–H and O–H groups in total. The van der Waals surface area contributed by atoms with Crippen LogP contribution in [0.25, 0.3) is 0 Å². The fourth-order valence-corrected chi connectivity index (χ4v) is 2.10. The second-order valence-electron chi connectivity index (χ2n) is 4.16. The van der Waals surface area contributed by atoms with Crippen molar-refractivity contribution in [2.24, 2.45) is 5.73 Å². The topological polar surface area (TPSA) is 38.0 Å². The molecule has 0 atom stereocenters. The molecule has 19 heavy (non-hydrogen) atoms. The van der Waals surface area contributed by atoms with E-state index in [1.54, 1.807) is 6.07 Å². The van der Waals surface area contributed by atoms with Gasteiger partial charge in [-0.2, -0.15) is 0 Å². The van der Waals surface area contributed by atoms with Gasteiger partial charge in [0, 0.05) is 11.3 Å². The van der Waals surface area contributed by atoms with Crippen LogP contribution in [0.5, 0.6) is 0 Å². The largest absolute Gasteiger partial charge is 0.389 e. The minimum absolute atomic E-state index is 0.292. The molecule has 98 valence electrons. The van der Waals surface area contributed by atoms with E-state index in [4.69, 9.17) is 29.6 Å². The molecule has 0 amide bonds. The summed E-state index contributed by atoms with van der Waals surface area (Å²) in [5, 5.41) is 3.43. The van der Waals surface area contributed by atoms with Gasteiger partial charge < -0.3 is 11.1 Å². The molecule has 0 heterocycles. The average molecular weight is 295 g/mol. The van der Waals surface area contributed by atoms with Gasteiger partial charge >= 0.3 is 0 Å². The predicted molar refractivity (Wildman–Crippen MR) is 81.8 cm³/mol. The van der Waals surface area contributed by atoms with Crippen molar-refractivity contribution < 1.29 is 4.39 Å². The van der Waals surface area contributed by atoms with E-state index in [0.29, 0.717) is 15.7 Å². The summed E-state index contributed by atoms with van der Waals surface area (Å²) in [5.41, 5.74) is 8.81. The van der Waals surface area contributed by atoms with Crippen LogP contribution >= 0.6 is 23.8 Å². The van der Waals surface area contributed by atoms with Gasteiger partial charge in [0.05, 0.1) is 10.7 Å². The lowest BCUT2D eigenvalue weighted by atomic mass is 10.1. The Labute approximate surface area is 121 Å². The van der Waals surface area contributed by atoms with Crippen molar-refractivity contribution in [3.63, 3.8) is 0 Å². The van der Waals surface area contributed by atoms with Crippen LogP contribution in [0.1, 0.15) is 11.1 Å². The fraction of sp³-hybridized carbons (Fsp3) is 0.0714. The Morgan fingerprint density at radius 3 is 2.58 bits per heavy atom. The van der Waals surface area contributed by atoms with Crippen LogP contribution in [0.2, 0.25) is 5.02 Å². The van der Waals surface area contributed by atoms with Crippen molar-refractivity contribution in [2.45, 2.75) is 6.92 Å². The average Bonchev–Trinajstić information content (AvgIpc) is 2.32. The lowest BCUT2D eigenvalue weighted by molar-refractivity contribution is 0.628. The number of hydrogen-bond donors (Lipinski definition) is 2. The van der Waals surface area contributed by atoms with Crippen LogP contribution in [-0.4, -0.2) is 4.99 Å². The molecule has 0 radical (unpaired) electrons. The third kappa shape index (κ3) is 3.22. The number of benzene rings is 2. The molecule has 2 rings (SSSR count). The van der Waals surface area contributed by atoms with Crippen LogP contribution in [0.4, 0.5) is 15.8 Å². The van der Waals surface area contributed by atoms with Gasteiger partial charge in [-0.05, 0) is 42.8 Å². The number of nitrogens with two attached hydrogens (primary N) is 1. The first-order valence-electron chi connectivity index (χ1n) is 5.60. The summed E-state index contributed by atoms with van der Waals surface area (Å²) in [6.07, 6.45) is 0. The first kappa shape index (κ1) is 13.8. The highest BCUT2D eigenvalue weighted by Crippen LogP contribution is 2.28. The lowest BCUT2D eigenvalue weighted by Crippen LogP contribution is -2.12. The van der Waals surface area contributed by atoms with Gasteiger partial charge in [0.15, 0.2) is 0 Å². The number of thiocarbonyl (C=S) groups is 1. The van der Waals surface area contributed by atoms with E-state index >= 15 is 0 Å². The zero-order chi connectivity index (χ0) is 14.0. The Morgan fingerprint density at radius 2 is 1.95 bits per heavy atom. The lowest BCUT2D eigenvalue weighted by Gasteiger charge is -2.13.